The summed E-state index contributed by atoms with van der Waals surface area (Å²) in [5.74, 6) is -2.29. The standard InChI is InChI=1S/C15H15BrF3N5O2/c1-2-3-4-26-13-10(17)5-9(6-22-13)11-7-21-12(8-20-11)23-24-14(25)15(16,18)19/h5-8H,2-4H2,1H3,(H,21,23)(H,24,25). The number of carbonyl (C=O) groups excluding carboxylic acids is 1. The lowest BCUT2D eigenvalue weighted by molar-refractivity contribution is -0.133. The van der Waals surface area contributed by atoms with Crippen molar-refractivity contribution in [1.82, 2.24) is 20.4 Å². The molecule has 1 amide bonds. The van der Waals surface area contributed by atoms with Crippen LogP contribution in [-0.4, -0.2) is 32.3 Å². The Morgan fingerprint density at radius 2 is 2.04 bits per heavy atom. The molecule has 2 aromatic heterocycles. The largest absolute Gasteiger partial charge is 0.476 e. The van der Waals surface area contributed by atoms with Crippen LogP contribution >= 0.6 is 15.9 Å². The van der Waals surface area contributed by atoms with E-state index in [1.807, 2.05) is 22.9 Å². The lowest BCUT2D eigenvalue weighted by atomic mass is 10.2. The summed E-state index contributed by atoms with van der Waals surface area (Å²) in [5, 5.41) is 0. The van der Waals surface area contributed by atoms with Crippen molar-refractivity contribution in [3.63, 3.8) is 0 Å². The van der Waals surface area contributed by atoms with Gasteiger partial charge in [0.15, 0.2) is 11.6 Å². The van der Waals surface area contributed by atoms with Crippen molar-refractivity contribution < 1.29 is 22.7 Å². The highest BCUT2D eigenvalue weighted by Gasteiger charge is 2.34. The molecule has 7 nitrogen and oxygen atoms in total. The third kappa shape index (κ3) is 5.55. The van der Waals surface area contributed by atoms with Gasteiger partial charge < -0.3 is 4.74 Å². The molecule has 140 valence electrons. The Kier molecular flexibility index (Phi) is 6.72. The maximum atomic E-state index is 14.0. The minimum atomic E-state index is -3.71. The van der Waals surface area contributed by atoms with E-state index in [0.717, 1.165) is 12.8 Å². The molecule has 0 aliphatic rings. The zero-order valence-electron chi connectivity index (χ0n) is 13.6. The summed E-state index contributed by atoms with van der Waals surface area (Å²) in [7, 11) is 0. The number of carbonyl (C=O) groups is 1. The number of anilines is 1. The Morgan fingerprint density at radius 1 is 1.27 bits per heavy atom. The lowest BCUT2D eigenvalue weighted by Crippen LogP contribution is -2.39. The molecule has 0 saturated carbocycles. The molecule has 0 radical (unpaired) electrons. The molecule has 0 aliphatic carbocycles. The van der Waals surface area contributed by atoms with Crippen LogP contribution in [0.3, 0.4) is 0 Å². The zero-order chi connectivity index (χ0) is 19.2. The predicted octanol–water partition coefficient (Wildman–Crippen LogP) is 3.29. The quantitative estimate of drug-likeness (QED) is 0.377. The topological polar surface area (TPSA) is 89.0 Å². The van der Waals surface area contributed by atoms with Gasteiger partial charge in [-0.15, -0.1) is 0 Å². The zero-order valence-corrected chi connectivity index (χ0v) is 15.2. The van der Waals surface area contributed by atoms with Gasteiger partial charge in [0.2, 0.25) is 5.88 Å². The van der Waals surface area contributed by atoms with E-state index >= 15 is 0 Å². The number of ether oxygens (including phenoxy) is 1. The number of amides is 1. The van der Waals surface area contributed by atoms with Crippen molar-refractivity contribution in [3.8, 4) is 17.1 Å². The second-order valence-corrected chi connectivity index (χ2v) is 6.07. The second-order valence-electron chi connectivity index (χ2n) is 5.08. The van der Waals surface area contributed by atoms with E-state index in [-0.39, 0.29) is 11.7 Å². The van der Waals surface area contributed by atoms with Crippen LogP contribution in [0.15, 0.2) is 24.7 Å². The average molecular weight is 434 g/mol. The normalized spacial score (nSPS) is 11.1. The molecular weight excluding hydrogens is 419 g/mol. The van der Waals surface area contributed by atoms with Crippen molar-refractivity contribution in [1.29, 1.82) is 0 Å². The Hall–Kier alpha value is -2.43. The smallest absolute Gasteiger partial charge is 0.379 e. The lowest BCUT2D eigenvalue weighted by Gasteiger charge is -2.11. The highest BCUT2D eigenvalue weighted by atomic mass is 79.9. The first-order valence-corrected chi connectivity index (χ1v) is 8.34. The number of pyridine rings is 1. The van der Waals surface area contributed by atoms with Crippen LogP contribution in [0.4, 0.5) is 19.0 Å². The SMILES string of the molecule is CCCCOc1ncc(-c2cnc(NNC(=O)C(F)(F)Br)cn2)cc1F. The van der Waals surface area contributed by atoms with E-state index in [2.05, 4.69) is 20.4 Å². The van der Waals surface area contributed by atoms with Gasteiger partial charge in [0.1, 0.15) is 0 Å². The first kappa shape index (κ1) is 19.9. The summed E-state index contributed by atoms with van der Waals surface area (Å²) in [6.07, 6.45) is 5.55. The molecular formula is C15H15BrF3N5O2. The fourth-order valence-corrected chi connectivity index (χ4v) is 1.82. The molecule has 0 unspecified atom stereocenters. The van der Waals surface area contributed by atoms with Crippen molar-refractivity contribution >= 4 is 27.7 Å². The van der Waals surface area contributed by atoms with Crippen LogP contribution in [0.2, 0.25) is 0 Å². The molecule has 11 heteroatoms. The van der Waals surface area contributed by atoms with Crippen molar-refractivity contribution in [2.24, 2.45) is 0 Å². The number of nitrogens with one attached hydrogen (secondary N) is 2. The first-order chi connectivity index (χ1) is 12.3. The number of aromatic nitrogens is 3. The molecule has 2 heterocycles. The minimum absolute atomic E-state index is 0.0202. The molecule has 2 aromatic rings. The number of halogens is 4. The van der Waals surface area contributed by atoms with Crippen LogP contribution in [0.5, 0.6) is 5.88 Å². The maximum Gasteiger partial charge on any atom is 0.379 e. The number of nitrogens with zero attached hydrogens (tertiary/aromatic N) is 3. The molecule has 2 rings (SSSR count). The molecule has 26 heavy (non-hydrogen) atoms. The summed E-state index contributed by atoms with van der Waals surface area (Å²) in [4.78, 5) is 19.1. The highest BCUT2D eigenvalue weighted by molar-refractivity contribution is 9.10. The van der Waals surface area contributed by atoms with Crippen molar-refractivity contribution in [3.05, 3.63) is 30.5 Å². The fraction of sp³-hybridized carbons (Fsp3) is 0.333. The van der Waals surface area contributed by atoms with E-state index in [0.29, 0.717) is 17.9 Å². The third-order valence-electron chi connectivity index (χ3n) is 3.05. The average Bonchev–Trinajstić information content (AvgIpc) is 2.61. The highest BCUT2D eigenvalue weighted by Crippen LogP contribution is 2.23. The molecule has 0 fully saturated rings. The van der Waals surface area contributed by atoms with E-state index in [1.54, 1.807) is 5.43 Å². The Bertz CT molecular complexity index is 756. The van der Waals surface area contributed by atoms with Crippen LogP contribution in [0.1, 0.15) is 19.8 Å². The molecule has 2 N–H and O–H groups in total. The Balaban J connectivity index is 2.01. The number of rotatable bonds is 8. The molecule has 0 bridgehead atoms. The van der Waals surface area contributed by atoms with Crippen molar-refractivity contribution in [2.75, 3.05) is 12.0 Å². The number of hydrogen-bond donors (Lipinski definition) is 2. The summed E-state index contributed by atoms with van der Waals surface area (Å²) in [6.45, 7) is 2.36. The fourth-order valence-electron chi connectivity index (χ4n) is 1.72. The summed E-state index contributed by atoms with van der Waals surface area (Å²) < 4.78 is 44.5. The maximum absolute atomic E-state index is 14.0. The predicted molar refractivity (Wildman–Crippen MR) is 91.3 cm³/mol. The minimum Gasteiger partial charge on any atom is -0.476 e. The Labute approximate surface area is 155 Å². The van der Waals surface area contributed by atoms with E-state index in [4.69, 9.17) is 4.74 Å². The second kappa shape index (κ2) is 8.79. The summed E-state index contributed by atoms with van der Waals surface area (Å²) in [5.41, 5.74) is 4.61. The third-order valence-corrected chi connectivity index (χ3v) is 3.41. The number of alkyl halides is 3. The van der Waals surface area contributed by atoms with Gasteiger partial charge in [0.05, 0.1) is 24.7 Å². The summed E-state index contributed by atoms with van der Waals surface area (Å²) in [6, 6.07) is 1.21. The van der Waals surface area contributed by atoms with Crippen LogP contribution in [0, 0.1) is 5.82 Å². The molecule has 0 spiro atoms. The van der Waals surface area contributed by atoms with Gasteiger partial charge in [-0.05, 0) is 12.5 Å². The number of hydrazine groups is 1. The van der Waals surface area contributed by atoms with Gasteiger partial charge in [-0.25, -0.2) is 14.4 Å². The molecule has 0 atom stereocenters. The van der Waals surface area contributed by atoms with E-state index < -0.39 is 16.6 Å². The molecule has 0 saturated heterocycles. The monoisotopic (exact) mass is 433 g/mol. The van der Waals surface area contributed by atoms with Crippen LogP contribution in [-0.2, 0) is 4.79 Å². The molecule has 0 aliphatic heterocycles. The van der Waals surface area contributed by atoms with Gasteiger partial charge in [0.25, 0.3) is 0 Å². The van der Waals surface area contributed by atoms with Gasteiger partial charge >= 0.3 is 10.7 Å². The van der Waals surface area contributed by atoms with Gasteiger partial charge in [-0.3, -0.25) is 20.6 Å². The van der Waals surface area contributed by atoms with E-state index in [9.17, 15) is 18.0 Å². The number of hydrogen-bond acceptors (Lipinski definition) is 6. The first-order valence-electron chi connectivity index (χ1n) is 7.55. The van der Waals surface area contributed by atoms with Crippen LogP contribution < -0.4 is 15.6 Å². The molecule has 0 aromatic carbocycles. The Morgan fingerprint density at radius 3 is 2.62 bits per heavy atom. The van der Waals surface area contributed by atoms with Gasteiger partial charge in [-0.1, -0.05) is 13.3 Å². The van der Waals surface area contributed by atoms with Gasteiger partial charge in [-0.2, -0.15) is 8.78 Å². The van der Waals surface area contributed by atoms with E-state index in [1.165, 1.54) is 24.7 Å². The van der Waals surface area contributed by atoms with Gasteiger partial charge in [0, 0.05) is 27.7 Å². The van der Waals surface area contributed by atoms with Crippen LogP contribution in [0.25, 0.3) is 11.3 Å². The summed E-state index contributed by atoms with van der Waals surface area (Å²) >= 11 is 1.92. The van der Waals surface area contributed by atoms with Crippen molar-refractivity contribution in [2.45, 2.75) is 24.6 Å². The number of unbranched alkanes of at least 4 members (excludes halogenated alkanes) is 1.